The van der Waals surface area contributed by atoms with Gasteiger partial charge in [-0.25, -0.2) is 4.39 Å². The lowest BCUT2D eigenvalue weighted by Gasteiger charge is -2.25. The SMILES string of the molecule is CCCCCN1CCCCC(NC(=O)c2cccc(F)c2)C1=O. The van der Waals surface area contributed by atoms with Crippen molar-refractivity contribution in [2.45, 2.75) is 51.5 Å². The Balaban J connectivity index is 1.99. The Morgan fingerprint density at radius 3 is 2.91 bits per heavy atom. The van der Waals surface area contributed by atoms with Gasteiger partial charge in [0, 0.05) is 18.7 Å². The quantitative estimate of drug-likeness (QED) is 0.819. The molecule has 0 radical (unpaired) electrons. The number of carbonyl (C=O) groups excluding carboxylic acids is 2. The predicted molar refractivity (Wildman–Crippen MR) is 87.6 cm³/mol. The van der Waals surface area contributed by atoms with E-state index >= 15 is 0 Å². The fraction of sp³-hybridized carbons (Fsp3) is 0.556. The highest BCUT2D eigenvalue weighted by molar-refractivity contribution is 5.97. The number of hydrogen-bond acceptors (Lipinski definition) is 2. The zero-order valence-electron chi connectivity index (χ0n) is 13.7. The number of nitrogens with zero attached hydrogens (tertiary/aromatic N) is 1. The molecular formula is C18H25FN2O2. The van der Waals surface area contributed by atoms with Crippen molar-refractivity contribution < 1.29 is 14.0 Å². The van der Waals surface area contributed by atoms with Crippen molar-refractivity contribution in [1.29, 1.82) is 0 Å². The molecule has 0 spiro atoms. The number of rotatable bonds is 6. The highest BCUT2D eigenvalue weighted by Gasteiger charge is 2.28. The van der Waals surface area contributed by atoms with E-state index in [9.17, 15) is 14.0 Å². The van der Waals surface area contributed by atoms with Gasteiger partial charge in [-0.3, -0.25) is 9.59 Å². The minimum absolute atomic E-state index is 0.0108. The first kappa shape index (κ1) is 17.4. The maximum Gasteiger partial charge on any atom is 0.252 e. The first-order chi connectivity index (χ1) is 11.1. The van der Waals surface area contributed by atoms with Crippen LogP contribution in [0.25, 0.3) is 0 Å². The molecular weight excluding hydrogens is 295 g/mol. The molecule has 0 saturated carbocycles. The lowest BCUT2D eigenvalue weighted by molar-refractivity contribution is -0.132. The molecule has 1 aromatic carbocycles. The van der Waals surface area contributed by atoms with E-state index in [1.165, 1.54) is 18.2 Å². The van der Waals surface area contributed by atoms with E-state index in [1.54, 1.807) is 6.07 Å². The topological polar surface area (TPSA) is 49.4 Å². The first-order valence-electron chi connectivity index (χ1n) is 8.47. The molecule has 1 aliphatic heterocycles. The van der Waals surface area contributed by atoms with Gasteiger partial charge in [-0.1, -0.05) is 25.8 Å². The number of hydrogen-bond donors (Lipinski definition) is 1. The molecule has 1 saturated heterocycles. The van der Waals surface area contributed by atoms with Crippen molar-refractivity contribution in [3.05, 3.63) is 35.6 Å². The van der Waals surface area contributed by atoms with Gasteiger partial charge in [-0.2, -0.15) is 0 Å². The van der Waals surface area contributed by atoms with Gasteiger partial charge in [0.2, 0.25) is 5.91 Å². The van der Waals surface area contributed by atoms with Crippen molar-refractivity contribution in [3.63, 3.8) is 0 Å². The van der Waals surface area contributed by atoms with Crippen LogP contribution in [0.1, 0.15) is 55.8 Å². The maximum absolute atomic E-state index is 13.2. The molecule has 5 heteroatoms. The summed E-state index contributed by atoms with van der Waals surface area (Å²) in [5, 5.41) is 2.78. The number of nitrogens with one attached hydrogen (secondary N) is 1. The Morgan fingerprint density at radius 1 is 1.35 bits per heavy atom. The molecule has 4 nitrogen and oxygen atoms in total. The summed E-state index contributed by atoms with van der Waals surface area (Å²) >= 11 is 0. The normalized spacial score (nSPS) is 18.6. The molecule has 1 aliphatic rings. The smallest absolute Gasteiger partial charge is 0.252 e. The molecule has 2 rings (SSSR count). The van der Waals surface area contributed by atoms with E-state index in [4.69, 9.17) is 0 Å². The second-order valence-electron chi connectivity index (χ2n) is 6.06. The lowest BCUT2D eigenvalue weighted by atomic mass is 10.1. The van der Waals surface area contributed by atoms with Crippen LogP contribution in [0.2, 0.25) is 0 Å². The standard InChI is InChI=1S/C18H25FN2O2/c1-2-3-5-11-21-12-6-4-10-16(18(21)23)20-17(22)14-8-7-9-15(19)13-14/h7-9,13,16H,2-6,10-12H2,1H3,(H,20,22). The third-order valence-electron chi connectivity index (χ3n) is 4.20. The highest BCUT2D eigenvalue weighted by Crippen LogP contribution is 2.14. The molecule has 1 atom stereocenters. The summed E-state index contributed by atoms with van der Waals surface area (Å²) < 4.78 is 13.2. The Morgan fingerprint density at radius 2 is 2.17 bits per heavy atom. The van der Waals surface area contributed by atoms with Crippen molar-refractivity contribution in [1.82, 2.24) is 10.2 Å². The summed E-state index contributed by atoms with van der Waals surface area (Å²) in [5.74, 6) is -0.854. The number of carbonyl (C=O) groups is 2. The Labute approximate surface area is 137 Å². The third kappa shape index (κ3) is 5.05. The molecule has 1 N–H and O–H groups in total. The van der Waals surface area contributed by atoms with Crippen LogP contribution in [0.5, 0.6) is 0 Å². The van der Waals surface area contributed by atoms with Crippen LogP contribution in [0.3, 0.4) is 0 Å². The van der Waals surface area contributed by atoms with Crippen molar-refractivity contribution >= 4 is 11.8 Å². The molecule has 0 aromatic heterocycles. The molecule has 0 bridgehead atoms. The molecule has 1 unspecified atom stereocenters. The minimum atomic E-state index is -0.505. The van der Waals surface area contributed by atoms with Crippen LogP contribution in [-0.2, 0) is 4.79 Å². The third-order valence-corrected chi connectivity index (χ3v) is 4.20. The highest BCUT2D eigenvalue weighted by atomic mass is 19.1. The van der Waals surface area contributed by atoms with Crippen molar-refractivity contribution in [3.8, 4) is 0 Å². The van der Waals surface area contributed by atoms with Crippen molar-refractivity contribution in [2.75, 3.05) is 13.1 Å². The van der Waals surface area contributed by atoms with Gasteiger partial charge in [0.25, 0.3) is 5.91 Å². The fourth-order valence-corrected chi connectivity index (χ4v) is 2.89. The zero-order valence-corrected chi connectivity index (χ0v) is 13.7. The van der Waals surface area contributed by atoms with Gasteiger partial charge in [0.1, 0.15) is 11.9 Å². The van der Waals surface area contributed by atoms with Gasteiger partial charge in [-0.05, 0) is 43.9 Å². The minimum Gasteiger partial charge on any atom is -0.341 e. The zero-order chi connectivity index (χ0) is 16.7. The Bertz CT molecular complexity index is 548. The van der Waals surface area contributed by atoms with Crippen LogP contribution in [0, 0.1) is 5.82 Å². The Hall–Kier alpha value is -1.91. The van der Waals surface area contributed by atoms with E-state index in [1.807, 2.05) is 4.90 Å². The van der Waals surface area contributed by atoms with Gasteiger partial charge >= 0.3 is 0 Å². The van der Waals surface area contributed by atoms with E-state index in [2.05, 4.69) is 12.2 Å². The van der Waals surface area contributed by atoms with E-state index < -0.39 is 17.8 Å². The molecule has 1 aromatic rings. The molecule has 23 heavy (non-hydrogen) atoms. The summed E-state index contributed by atoms with van der Waals surface area (Å²) in [5.41, 5.74) is 0.250. The monoisotopic (exact) mass is 320 g/mol. The average molecular weight is 320 g/mol. The maximum atomic E-state index is 13.2. The summed E-state index contributed by atoms with van der Waals surface area (Å²) in [6, 6.07) is 5.03. The fourth-order valence-electron chi connectivity index (χ4n) is 2.89. The number of unbranched alkanes of at least 4 members (excludes halogenated alkanes) is 2. The summed E-state index contributed by atoms with van der Waals surface area (Å²) in [4.78, 5) is 26.7. The first-order valence-corrected chi connectivity index (χ1v) is 8.47. The average Bonchev–Trinajstić information content (AvgIpc) is 2.71. The van der Waals surface area contributed by atoms with Crippen LogP contribution < -0.4 is 5.32 Å². The molecule has 2 amide bonds. The van der Waals surface area contributed by atoms with E-state index in [-0.39, 0.29) is 11.5 Å². The van der Waals surface area contributed by atoms with E-state index in [0.29, 0.717) is 6.42 Å². The number of benzene rings is 1. The number of amides is 2. The molecule has 1 fully saturated rings. The Kier molecular flexibility index (Phi) is 6.56. The second kappa shape index (κ2) is 8.65. The molecule has 0 aliphatic carbocycles. The molecule has 1 heterocycles. The van der Waals surface area contributed by atoms with Gasteiger partial charge < -0.3 is 10.2 Å². The van der Waals surface area contributed by atoms with Gasteiger partial charge in [0.15, 0.2) is 0 Å². The lowest BCUT2D eigenvalue weighted by Crippen LogP contribution is -2.47. The van der Waals surface area contributed by atoms with Gasteiger partial charge in [-0.15, -0.1) is 0 Å². The predicted octanol–water partition coefficient (Wildman–Crippen LogP) is 3.13. The number of likely N-dealkylation sites (tertiary alicyclic amines) is 1. The van der Waals surface area contributed by atoms with Crippen LogP contribution in [-0.4, -0.2) is 35.8 Å². The van der Waals surface area contributed by atoms with Crippen LogP contribution in [0.15, 0.2) is 24.3 Å². The second-order valence-corrected chi connectivity index (χ2v) is 6.06. The van der Waals surface area contributed by atoms with Crippen LogP contribution in [0.4, 0.5) is 4.39 Å². The van der Waals surface area contributed by atoms with Gasteiger partial charge in [0.05, 0.1) is 0 Å². The summed E-state index contributed by atoms with van der Waals surface area (Å²) in [7, 11) is 0. The summed E-state index contributed by atoms with van der Waals surface area (Å²) in [6.45, 7) is 3.64. The summed E-state index contributed by atoms with van der Waals surface area (Å²) in [6.07, 6.45) is 5.72. The van der Waals surface area contributed by atoms with E-state index in [0.717, 1.165) is 45.2 Å². The molecule has 126 valence electrons. The van der Waals surface area contributed by atoms with Crippen LogP contribution >= 0.6 is 0 Å². The largest absolute Gasteiger partial charge is 0.341 e. The number of halogens is 1. The van der Waals surface area contributed by atoms with Crippen molar-refractivity contribution in [2.24, 2.45) is 0 Å².